The number of para-hydroxylation sites is 1. The summed E-state index contributed by atoms with van der Waals surface area (Å²) >= 11 is 1.56. The van der Waals surface area contributed by atoms with Crippen LogP contribution in [0.4, 0.5) is 0 Å². The Labute approximate surface area is 182 Å². The Morgan fingerprint density at radius 2 is 2.16 bits per heavy atom. The number of hydrogen-bond donors (Lipinski definition) is 1. The molecule has 4 heterocycles. The Morgan fingerprint density at radius 3 is 3.00 bits per heavy atom. The van der Waals surface area contributed by atoms with Gasteiger partial charge in [-0.3, -0.25) is 9.89 Å². The van der Waals surface area contributed by atoms with Gasteiger partial charge in [0.15, 0.2) is 0 Å². The monoisotopic (exact) mass is 435 g/mol. The van der Waals surface area contributed by atoms with E-state index in [4.69, 9.17) is 9.15 Å². The van der Waals surface area contributed by atoms with Gasteiger partial charge in [0.05, 0.1) is 23.6 Å². The summed E-state index contributed by atoms with van der Waals surface area (Å²) in [6, 6.07) is 13.3. The third-order valence-electron chi connectivity index (χ3n) is 5.42. The molecule has 1 aliphatic rings. The third-order valence-corrected chi connectivity index (χ3v) is 6.28. The van der Waals surface area contributed by atoms with Gasteiger partial charge in [0, 0.05) is 18.7 Å². The Kier molecular flexibility index (Phi) is 5.25. The van der Waals surface area contributed by atoms with E-state index in [1.165, 1.54) is 0 Å². The molecule has 9 heteroatoms. The average molecular weight is 436 g/mol. The molecule has 5 rings (SSSR count). The third kappa shape index (κ3) is 3.84. The number of aromatic nitrogens is 4. The van der Waals surface area contributed by atoms with Crippen LogP contribution in [-0.2, 0) is 0 Å². The minimum Gasteiger partial charge on any atom is -0.496 e. The van der Waals surface area contributed by atoms with Crippen molar-refractivity contribution in [3.05, 3.63) is 59.4 Å². The highest BCUT2D eigenvalue weighted by Crippen LogP contribution is 2.31. The fraction of sp³-hybridized carbons (Fsp3) is 0.273. The van der Waals surface area contributed by atoms with Crippen molar-refractivity contribution in [1.29, 1.82) is 0 Å². The lowest BCUT2D eigenvalue weighted by Gasteiger charge is -2.30. The van der Waals surface area contributed by atoms with E-state index < -0.39 is 0 Å². The zero-order chi connectivity index (χ0) is 21.2. The number of aromatic amines is 1. The summed E-state index contributed by atoms with van der Waals surface area (Å²) in [5.41, 5.74) is 1.96. The Hall–Kier alpha value is -3.46. The molecule has 1 atom stereocenters. The van der Waals surface area contributed by atoms with Gasteiger partial charge in [-0.2, -0.15) is 5.10 Å². The minimum absolute atomic E-state index is 0.0236. The number of ether oxygens (including phenoxy) is 1. The molecular weight excluding hydrogens is 414 g/mol. The highest BCUT2D eigenvalue weighted by molar-refractivity contribution is 7.13. The summed E-state index contributed by atoms with van der Waals surface area (Å²) in [4.78, 5) is 15.9. The van der Waals surface area contributed by atoms with Crippen molar-refractivity contribution < 1.29 is 13.9 Å². The number of amides is 1. The number of carbonyl (C=O) groups is 1. The van der Waals surface area contributed by atoms with E-state index >= 15 is 0 Å². The number of thiophene rings is 1. The van der Waals surface area contributed by atoms with Gasteiger partial charge in [-0.25, -0.2) is 0 Å². The number of rotatable bonds is 5. The van der Waals surface area contributed by atoms with E-state index in [1.54, 1.807) is 24.5 Å². The van der Waals surface area contributed by atoms with Crippen LogP contribution in [0.25, 0.3) is 22.0 Å². The fourth-order valence-electron chi connectivity index (χ4n) is 3.86. The highest BCUT2D eigenvalue weighted by atomic mass is 32.1. The molecule has 1 N–H and O–H groups in total. The molecule has 1 aliphatic heterocycles. The topological polar surface area (TPSA) is 97.1 Å². The first-order valence-electron chi connectivity index (χ1n) is 10.1. The molecule has 0 saturated carbocycles. The van der Waals surface area contributed by atoms with E-state index in [0.29, 0.717) is 42.0 Å². The molecule has 1 aromatic carbocycles. The lowest BCUT2D eigenvalue weighted by molar-refractivity contribution is 0.0692. The van der Waals surface area contributed by atoms with E-state index in [0.717, 1.165) is 23.3 Å². The maximum atomic E-state index is 13.1. The lowest BCUT2D eigenvalue weighted by Crippen LogP contribution is -2.39. The molecular formula is C22H21N5O3S. The first-order chi connectivity index (χ1) is 15.2. The molecule has 0 bridgehead atoms. The smallest absolute Gasteiger partial charge is 0.271 e. The maximum absolute atomic E-state index is 13.1. The number of hydrogen-bond acceptors (Lipinski definition) is 7. The van der Waals surface area contributed by atoms with E-state index in [2.05, 4.69) is 20.4 Å². The number of H-pyrrole nitrogens is 1. The first-order valence-corrected chi connectivity index (χ1v) is 11.0. The average Bonchev–Trinajstić information content (AvgIpc) is 3.59. The molecule has 1 saturated heterocycles. The van der Waals surface area contributed by atoms with Crippen molar-refractivity contribution in [3.63, 3.8) is 0 Å². The standard InChI is InChI=1S/C22H21N5O3S/c1-29-18-8-3-2-7-15(18)16-12-17(24-23-16)22(28)27-10-4-6-14(13-27)20-25-26-21(30-20)19-9-5-11-31-19/h2-3,5,7-9,11-12,14H,4,6,10,13H2,1H3,(H,23,24)/t14-/m0/s1. The van der Waals surface area contributed by atoms with Gasteiger partial charge < -0.3 is 14.1 Å². The highest BCUT2D eigenvalue weighted by Gasteiger charge is 2.30. The van der Waals surface area contributed by atoms with E-state index in [9.17, 15) is 4.79 Å². The van der Waals surface area contributed by atoms with Crippen molar-refractivity contribution in [2.24, 2.45) is 0 Å². The van der Waals surface area contributed by atoms with Crippen LogP contribution < -0.4 is 4.74 Å². The van der Waals surface area contributed by atoms with Gasteiger partial charge in [-0.15, -0.1) is 21.5 Å². The summed E-state index contributed by atoms with van der Waals surface area (Å²) in [6.45, 7) is 1.22. The number of nitrogens with zero attached hydrogens (tertiary/aromatic N) is 4. The van der Waals surface area contributed by atoms with Crippen LogP contribution in [0, 0.1) is 0 Å². The summed E-state index contributed by atoms with van der Waals surface area (Å²) in [5.74, 6) is 1.76. The predicted octanol–water partition coefficient (Wildman–Crippen LogP) is 4.22. The van der Waals surface area contributed by atoms with Crippen LogP contribution in [0.15, 0.2) is 52.3 Å². The maximum Gasteiger partial charge on any atom is 0.271 e. The predicted molar refractivity (Wildman–Crippen MR) is 116 cm³/mol. The SMILES string of the molecule is COc1ccccc1-c1cc(C(=O)N2CCC[C@H](c3nnc(-c4cccs4)o3)C2)[nH]n1. The van der Waals surface area contributed by atoms with Gasteiger partial charge in [-0.05, 0) is 42.5 Å². The molecule has 1 amide bonds. The van der Waals surface area contributed by atoms with Gasteiger partial charge in [0.2, 0.25) is 5.89 Å². The van der Waals surface area contributed by atoms with Gasteiger partial charge in [0.1, 0.15) is 11.4 Å². The number of methoxy groups -OCH3 is 1. The molecule has 158 valence electrons. The molecule has 0 unspecified atom stereocenters. The van der Waals surface area contributed by atoms with Crippen LogP contribution in [0.5, 0.6) is 5.75 Å². The fourth-order valence-corrected chi connectivity index (χ4v) is 4.50. The van der Waals surface area contributed by atoms with Crippen molar-refractivity contribution in [1.82, 2.24) is 25.3 Å². The van der Waals surface area contributed by atoms with Crippen molar-refractivity contribution in [3.8, 4) is 27.8 Å². The number of carbonyl (C=O) groups excluding carboxylic acids is 1. The van der Waals surface area contributed by atoms with Gasteiger partial charge in [0.25, 0.3) is 11.8 Å². The molecule has 31 heavy (non-hydrogen) atoms. The minimum atomic E-state index is -0.0867. The first kappa shape index (κ1) is 19.5. The Bertz CT molecular complexity index is 1180. The zero-order valence-electron chi connectivity index (χ0n) is 16.9. The van der Waals surface area contributed by atoms with Crippen LogP contribution in [-0.4, -0.2) is 51.4 Å². The Balaban J connectivity index is 1.32. The summed E-state index contributed by atoms with van der Waals surface area (Å²) in [6.07, 6.45) is 1.78. The van der Waals surface area contributed by atoms with E-state index in [-0.39, 0.29) is 11.8 Å². The molecule has 4 aromatic rings. The number of piperidine rings is 1. The van der Waals surface area contributed by atoms with Crippen LogP contribution in [0.3, 0.4) is 0 Å². The summed E-state index contributed by atoms with van der Waals surface area (Å²) < 4.78 is 11.3. The molecule has 0 radical (unpaired) electrons. The quantitative estimate of drug-likeness (QED) is 0.504. The van der Waals surface area contributed by atoms with Crippen molar-refractivity contribution in [2.75, 3.05) is 20.2 Å². The zero-order valence-corrected chi connectivity index (χ0v) is 17.8. The lowest BCUT2D eigenvalue weighted by atomic mass is 9.97. The summed E-state index contributed by atoms with van der Waals surface area (Å²) in [5, 5.41) is 17.6. The van der Waals surface area contributed by atoms with Crippen LogP contribution >= 0.6 is 11.3 Å². The number of nitrogens with one attached hydrogen (secondary N) is 1. The molecule has 1 fully saturated rings. The normalized spacial score (nSPS) is 16.4. The Morgan fingerprint density at radius 1 is 1.26 bits per heavy atom. The van der Waals surface area contributed by atoms with Crippen LogP contribution in [0.1, 0.15) is 35.1 Å². The van der Waals surface area contributed by atoms with Crippen molar-refractivity contribution in [2.45, 2.75) is 18.8 Å². The largest absolute Gasteiger partial charge is 0.496 e. The van der Waals surface area contributed by atoms with Crippen molar-refractivity contribution >= 4 is 17.2 Å². The molecule has 8 nitrogen and oxygen atoms in total. The molecule has 3 aromatic heterocycles. The van der Waals surface area contributed by atoms with Gasteiger partial charge >= 0.3 is 0 Å². The second-order valence-electron chi connectivity index (χ2n) is 7.38. The second-order valence-corrected chi connectivity index (χ2v) is 8.33. The number of likely N-dealkylation sites (tertiary alicyclic amines) is 1. The molecule has 0 spiro atoms. The van der Waals surface area contributed by atoms with Gasteiger partial charge in [-0.1, -0.05) is 18.2 Å². The van der Waals surface area contributed by atoms with Crippen LogP contribution in [0.2, 0.25) is 0 Å². The molecule has 0 aliphatic carbocycles. The number of benzene rings is 1. The second kappa shape index (κ2) is 8.35. The van der Waals surface area contributed by atoms with E-state index in [1.807, 2.05) is 46.7 Å². The summed E-state index contributed by atoms with van der Waals surface area (Å²) in [7, 11) is 1.62.